The maximum atomic E-state index is 12.4. The van der Waals surface area contributed by atoms with Gasteiger partial charge in [0.2, 0.25) is 0 Å². The highest BCUT2D eigenvalue weighted by Gasteiger charge is 2.30. The van der Waals surface area contributed by atoms with E-state index in [-0.39, 0.29) is 5.91 Å². The van der Waals surface area contributed by atoms with Gasteiger partial charge in [0.05, 0.1) is 11.4 Å². The second-order valence-electron chi connectivity index (χ2n) is 7.31. The Morgan fingerprint density at radius 3 is 2.50 bits per heavy atom. The van der Waals surface area contributed by atoms with Crippen molar-refractivity contribution < 1.29 is 19.1 Å². The summed E-state index contributed by atoms with van der Waals surface area (Å²) in [4.78, 5) is 25.8. The second kappa shape index (κ2) is 8.89. The van der Waals surface area contributed by atoms with Crippen LogP contribution in [-0.2, 0) is 14.3 Å². The predicted octanol–water partition coefficient (Wildman–Crippen LogP) is 2.77. The van der Waals surface area contributed by atoms with Crippen LogP contribution in [0.15, 0.2) is 24.3 Å². The fraction of sp³-hybridized carbons (Fsp3) is 0.579. The summed E-state index contributed by atoms with van der Waals surface area (Å²) in [6, 6.07) is 6.85. The van der Waals surface area contributed by atoms with E-state index in [9.17, 15) is 9.59 Å². The first kappa shape index (κ1) is 20.0. The maximum Gasteiger partial charge on any atom is 0.408 e. The molecule has 2 amide bonds. The van der Waals surface area contributed by atoms with Crippen molar-refractivity contribution in [3.63, 3.8) is 0 Å². The number of ether oxygens (including phenoxy) is 2. The van der Waals surface area contributed by atoms with Crippen LogP contribution < -0.4 is 15.5 Å². The first-order chi connectivity index (χ1) is 12.3. The van der Waals surface area contributed by atoms with Crippen LogP contribution in [0.5, 0.6) is 0 Å². The molecule has 2 aliphatic heterocycles. The van der Waals surface area contributed by atoms with Gasteiger partial charge in [-0.3, -0.25) is 4.79 Å². The van der Waals surface area contributed by atoms with E-state index >= 15 is 0 Å². The highest BCUT2D eigenvalue weighted by molar-refractivity contribution is 6.02. The van der Waals surface area contributed by atoms with Gasteiger partial charge in [0.25, 0.3) is 5.91 Å². The Kier molecular flexibility index (Phi) is 6.85. The number of benzene rings is 1. The fourth-order valence-electron chi connectivity index (χ4n) is 2.64. The minimum Gasteiger partial charge on any atom is -0.444 e. The van der Waals surface area contributed by atoms with E-state index < -0.39 is 17.7 Å². The summed E-state index contributed by atoms with van der Waals surface area (Å²) < 4.78 is 10.1. The van der Waals surface area contributed by atoms with Crippen molar-refractivity contribution in [2.45, 2.75) is 45.3 Å². The van der Waals surface area contributed by atoms with Gasteiger partial charge in [-0.2, -0.15) is 0 Å². The molecule has 0 saturated carbocycles. The average Bonchev–Trinajstić information content (AvgIpc) is 3.13. The number of nitrogens with zero attached hydrogens (tertiary/aromatic N) is 1. The van der Waals surface area contributed by atoms with Crippen LogP contribution in [0.3, 0.4) is 0 Å². The van der Waals surface area contributed by atoms with Crippen molar-refractivity contribution in [3.05, 3.63) is 24.3 Å². The molecule has 0 radical (unpaired) electrons. The van der Waals surface area contributed by atoms with Gasteiger partial charge >= 0.3 is 6.09 Å². The van der Waals surface area contributed by atoms with Crippen LogP contribution in [0, 0.1) is 0 Å². The number of hydrogen-bond acceptors (Lipinski definition) is 5. The monoisotopic (exact) mass is 363 g/mol. The Morgan fingerprint density at radius 2 is 1.92 bits per heavy atom. The molecular formula is C19H29N3O4. The smallest absolute Gasteiger partial charge is 0.408 e. The number of alkyl carbamates (subject to hydrolysis) is 1. The Balaban J connectivity index is 0.000000417. The molecule has 0 spiro atoms. The highest BCUT2D eigenvalue weighted by atomic mass is 16.6. The van der Waals surface area contributed by atoms with Crippen LogP contribution in [0.25, 0.3) is 0 Å². The van der Waals surface area contributed by atoms with Crippen molar-refractivity contribution in [2.75, 3.05) is 37.0 Å². The van der Waals surface area contributed by atoms with Crippen molar-refractivity contribution in [1.82, 2.24) is 5.32 Å². The Hall–Kier alpha value is -2.28. The molecule has 7 nitrogen and oxygen atoms in total. The molecule has 2 aliphatic rings. The normalized spacial score (nSPS) is 19.5. The van der Waals surface area contributed by atoms with Crippen molar-refractivity contribution in [1.29, 1.82) is 0 Å². The van der Waals surface area contributed by atoms with Gasteiger partial charge in [-0.05, 0) is 45.7 Å². The summed E-state index contributed by atoms with van der Waals surface area (Å²) in [7, 11) is 1.69. The van der Waals surface area contributed by atoms with E-state index in [2.05, 4.69) is 10.6 Å². The summed E-state index contributed by atoms with van der Waals surface area (Å²) in [5.74, 6) is -0.182. The van der Waals surface area contributed by atoms with Crippen LogP contribution in [0.1, 0.15) is 33.6 Å². The Labute approximate surface area is 155 Å². The first-order valence-corrected chi connectivity index (χ1v) is 8.95. The van der Waals surface area contributed by atoms with Crippen LogP contribution >= 0.6 is 0 Å². The van der Waals surface area contributed by atoms with Crippen LogP contribution in [-0.4, -0.2) is 50.4 Å². The molecule has 2 N–H and O–H groups in total. The number of anilines is 2. The zero-order chi connectivity index (χ0) is 19.2. The minimum absolute atomic E-state index is 0.182. The number of likely N-dealkylation sites (N-methyl/N-ethyl adjacent to an activating group) is 1. The molecule has 3 rings (SSSR count). The number of hydrogen-bond donors (Lipinski definition) is 2. The third kappa shape index (κ3) is 5.91. The largest absolute Gasteiger partial charge is 0.444 e. The van der Waals surface area contributed by atoms with E-state index in [0.29, 0.717) is 6.54 Å². The highest BCUT2D eigenvalue weighted by Crippen LogP contribution is 2.27. The molecule has 1 fully saturated rings. The summed E-state index contributed by atoms with van der Waals surface area (Å²) in [6.45, 7) is 7.66. The number of para-hydroxylation sites is 2. The molecule has 2 heterocycles. The van der Waals surface area contributed by atoms with E-state index in [4.69, 9.17) is 9.47 Å². The number of rotatable bonds is 1. The molecule has 1 atom stereocenters. The minimum atomic E-state index is -0.669. The van der Waals surface area contributed by atoms with E-state index in [1.807, 2.05) is 24.3 Å². The molecule has 7 heteroatoms. The lowest BCUT2D eigenvalue weighted by molar-refractivity contribution is -0.120. The summed E-state index contributed by atoms with van der Waals surface area (Å²) in [5.41, 5.74) is 1.05. The first-order valence-electron chi connectivity index (χ1n) is 8.95. The molecule has 0 aliphatic carbocycles. The van der Waals surface area contributed by atoms with Gasteiger partial charge in [0.1, 0.15) is 11.6 Å². The predicted molar refractivity (Wildman–Crippen MR) is 102 cm³/mol. The average molecular weight is 363 g/mol. The second-order valence-corrected chi connectivity index (χ2v) is 7.31. The van der Waals surface area contributed by atoms with Gasteiger partial charge < -0.3 is 25.0 Å². The fourth-order valence-corrected chi connectivity index (χ4v) is 2.64. The van der Waals surface area contributed by atoms with Gasteiger partial charge in [-0.1, -0.05) is 12.1 Å². The zero-order valence-corrected chi connectivity index (χ0v) is 16.0. The Bertz CT molecular complexity index is 616. The lowest BCUT2D eigenvalue weighted by Crippen LogP contribution is -2.50. The quantitative estimate of drug-likeness (QED) is 0.802. The summed E-state index contributed by atoms with van der Waals surface area (Å²) >= 11 is 0. The van der Waals surface area contributed by atoms with Gasteiger partial charge in [-0.25, -0.2) is 4.79 Å². The molecule has 1 aromatic rings. The van der Waals surface area contributed by atoms with Crippen molar-refractivity contribution in [2.24, 2.45) is 0 Å². The number of nitrogens with one attached hydrogen (secondary N) is 2. The van der Waals surface area contributed by atoms with E-state index in [1.165, 1.54) is 17.7 Å². The lowest BCUT2D eigenvalue weighted by Gasteiger charge is -2.24. The zero-order valence-electron chi connectivity index (χ0n) is 16.0. The van der Waals surface area contributed by atoms with E-state index in [0.717, 1.165) is 24.6 Å². The maximum absolute atomic E-state index is 12.4. The SMILES string of the molecule is C1CCOC1.CN1C(=O)C(NC(=O)OC(C)(C)C)CNc2ccccc21. The molecule has 1 unspecified atom stereocenters. The van der Waals surface area contributed by atoms with Crippen LogP contribution in [0.2, 0.25) is 0 Å². The molecule has 0 bridgehead atoms. The molecule has 144 valence electrons. The third-order valence-electron chi connectivity index (χ3n) is 3.91. The number of carbonyl (C=O) groups excluding carboxylic acids is 2. The summed E-state index contributed by atoms with van der Waals surface area (Å²) in [6.07, 6.45) is 1.96. The van der Waals surface area contributed by atoms with Gasteiger partial charge in [0, 0.05) is 26.8 Å². The molecule has 1 aromatic carbocycles. The number of amides is 2. The standard InChI is InChI=1S/C15H21N3O3.C4H8O/c1-15(2,3)21-14(20)17-11-9-16-10-7-5-6-8-12(10)18(4)13(11)19;1-2-4-5-3-1/h5-8,11,16H,9H2,1-4H3,(H,17,20);1-4H2. The van der Waals surface area contributed by atoms with Crippen molar-refractivity contribution >= 4 is 23.4 Å². The van der Waals surface area contributed by atoms with Gasteiger partial charge in [-0.15, -0.1) is 0 Å². The number of carbonyl (C=O) groups is 2. The van der Waals surface area contributed by atoms with Crippen LogP contribution in [0.4, 0.5) is 16.2 Å². The third-order valence-corrected chi connectivity index (χ3v) is 3.91. The molecular weight excluding hydrogens is 334 g/mol. The van der Waals surface area contributed by atoms with E-state index in [1.54, 1.807) is 27.8 Å². The molecule has 0 aromatic heterocycles. The molecule has 1 saturated heterocycles. The topological polar surface area (TPSA) is 79.9 Å². The number of fused-ring (bicyclic) bond motifs is 1. The van der Waals surface area contributed by atoms with Crippen molar-refractivity contribution in [3.8, 4) is 0 Å². The van der Waals surface area contributed by atoms with Gasteiger partial charge in [0.15, 0.2) is 0 Å². The Morgan fingerprint density at radius 1 is 1.27 bits per heavy atom. The molecule has 26 heavy (non-hydrogen) atoms. The lowest BCUT2D eigenvalue weighted by atomic mass is 10.2. The summed E-state index contributed by atoms with van der Waals surface area (Å²) in [5, 5.41) is 5.79.